The Kier molecular flexibility index (Phi) is 6.07. The summed E-state index contributed by atoms with van der Waals surface area (Å²) in [6.07, 6.45) is 0. The Bertz CT molecular complexity index is 1140. The lowest BCUT2D eigenvalue weighted by Gasteiger charge is -2.26. The molecule has 1 atom stereocenters. The summed E-state index contributed by atoms with van der Waals surface area (Å²) >= 11 is 1.56. The molecule has 4 nitrogen and oxygen atoms in total. The average molecular weight is 449 g/mol. The summed E-state index contributed by atoms with van der Waals surface area (Å²) in [5.74, 6) is -0.240. The predicted octanol–water partition coefficient (Wildman–Crippen LogP) is 6.15. The number of benzene rings is 3. The first-order valence-electron chi connectivity index (χ1n) is 10.4. The Balaban J connectivity index is 1.56. The fourth-order valence-corrected chi connectivity index (χ4v) is 4.81. The monoisotopic (exact) mass is 448 g/mol. The van der Waals surface area contributed by atoms with E-state index in [-0.39, 0.29) is 28.4 Å². The zero-order valence-corrected chi connectivity index (χ0v) is 19.1. The van der Waals surface area contributed by atoms with Crippen molar-refractivity contribution in [2.24, 2.45) is 0 Å². The molecule has 2 amide bonds. The fraction of sp³-hybridized carbons (Fsp3) is 0.231. The Morgan fingerprint density at radius 3 is 2.38 bits per heavy atom. The Labute approximate surface area is 191 Å². The van der Waals surface area contributed by atoms with Gasteiger partial charge in [-0.3, -0.25) is 14.5 Å². The van der Waals surface area contributed by atoms with Crippen molar-refractivity contribution in [2.75, 3.05) is 16.0 Å². The summed E-state index contributed by atoms with van der Waals surface area (Å²) in [7, 11) is 0. The number of carbonyl (C=O) groups excluding carboxylic acids is 2. The highest BCUT2D eigenvalue weighted by Gasteiger charge is 2.34. The van der Waals surface area contributed by atoms with E-state index in [0.29, 0.717) is 17.0 Å². The largest absolute Gasteiger partial charge is 0.322 e. The third-order valence-electron chi connectivity index (χ3n) is 5.42. The number of nitrogens with one attached hydrogen (secondary N) is 1. The molecule has 3 aromatic carbocycles. The first kappa shape index (κ1) is 22.1. The van der Waals surface area contributed by atoms with Gasteiger partial charge in [-0.1, -0.05) is 45.0 Å². The molecule has 0 aliphatic carbocycles. The van der Waals surface area contributed by atoms with Crippen LogP contribution in [0.4, 0.5) is 15.8 Å². The van der Waals surface area contributed by atoms with E-state index >= 15 is 0 Å². The van der Waals surface area contributed by atoms with E-state index in [0.717, 1.165) is 11.3 Å². The van der Waals surface area contributed by atoms with Gasteiger partial charge >= 0.3 is 0 Å². The van der Waals surface area contributed by atoms with E-state index in [4.69, 9.17) is 0 Å². The maximum Gasteiger partial charge on any atom is 0.255 e. The lowest BCUT2D eigenvalue weighted by molar-refractivity contribution is -0.115. The summed E-state index contributed by atoms with van der Waals surface area (Å²) in [6, 6.07) is 21.1. The van der Waals surface area contributed by atoms with Crippen LogP contribution in [0.25, 0.3) is 0 Å². The van der Waals surface area contributed by atoms with Gasteiger partial charge in [-0.25, -0.2) is 4.39 Å². The summed E-state index contributed by atoms with van der Waals surface area (Å²) in [5.41, 5.74) is 4.04. The molecule has 1 heterocycles. The number of anilines is 2. The van der Waals surface area contributed by atoms with Gasteiger partial charge in [-0.15, -0.1) is 11.8 Å². The number of hydrogen-bond acceptors (Lipinski definition) is 3. The van der Waals surface area contributed by atoms with Crippen LogP contribution in [0.1, 0.15) is 47.6 Å². The Morgan fingerprint density at radius 1 is 1.03 bits per heavy atom. The van der Waals surface area contributed by atoms with Crippen LogP contribution >= 0.6 is 11.8 Å². The zero-order chi connectivity index (χ0) is 22.9. The van der Waals surface area contributed by atoms with E-state index in [1.165, 1.54) is 29.8 Å². The minimum absolute atomic E-state index is 0.0404. The highest BCUT2D eigenvalue weighted by molar-refractivity contribution is 8.00. The summed E-state index contributed by atoms with van der Waals surface area (Å²) in [4.78, 5) is 27.0. The standard InChI is InChI=1S/C26H25FN2O2S/c1-26(2,3)19-9-13-22(14-10-19)29-23(30)16-32-25(29)18-5-4-6-21(15-18)28-24(31)17-7-11-20(27)12-8-17/h4-15,25H,16H2,1-3H3,(H,28,31)/t25-/m1/s1. The molecular formula is C26H25FN2O2S. The second-order valence-electron chi connectivity index (χ2n) is 8.81. The molecule has 0 unspecified atom stereocenters. The molecular weight excluding hydrogens is 423 g/mol. The van der Waals surface area contributed by atoms with Crippen LogP contribution in [0.3, 0.4) is 0 Å². The van der Waals surface area contributed by atoms with E-state index in [1.54, 1.807) is 17.8 Å². The van der Waals surface area contributed by atoms with Crippen molar-refractivity contribution in [3.05, 3.63) is 95.3 Å². The molecule has 1 N–H and O–H groups in total. The highest BCUT2D eigenvalue weighted by atomic mass is 32.2. The molecule has 0 spiro atoms. The molecule has 0 radical (unpaired) electrons. The topological polar surface area (TPSA) is 49.4 Å². The summed E-state index contributed by atoms with van der Waals surface area (Å²) in [5, 5.41) is 2.68. The van der Waals surface area contributed by atoms with Gasteiger partial charge in [0.1, 0.15) is 11.2 Å². The van der Waals surface area contributed by atoms with Gasteiger partial charge in [-0.05, 0) is 65.1 Å². The zero-order valence-electron chi connectivity index (χ0n) is 18.3. The van der Waals surface area contributed by atoms with Gasteiger partial charge in [0.05, 0.1) is 5.75 Å². The number of hydrogen-bond donors (Lipinski definition) is 1. The molecule has 0 saturated carbocycles. The van der Waals surface area contributed by atoms with Crippen molar-refractivity contribution in [3.8, 4) is 0 Å². The first-order valence-corrected chi connectivity index (χ1v) is 11.5. The molecule has 1 aliphatic rings. The lowest BCUT2D eigenvalue weighted by Crippen LogP contribution is -2.28. The van der Waals surface area contributed by atoms with Crippen LogP contribution in [-0.4, -0.2) is 17.6 Å². The van der Waals surface area contributed by atoms with Crippen molar-refractivity contribution in [1.82, 2.24) is 0 Å². The molecule has 0 aromatic heterocycles. The average Bonchev–Trinajstić information content (AvgIpc) is 3.15. The van der Waals surface area contributed by atoms with Gasteiger partial charge in [-0.2, -0.15) is 0 Å². The molecule has 164 valence electrons. The van der Waals surface area contributed by atoms with Crippen LogP contribution in [-0.2, 0) is 10.2 Å². The Morgan fingerprint density at radius 2 is 1.72 bits per heavy atom. The minimum atomic E-state index is -0.387. The third-order valence-corrected chi connectivity index (χ3v) is 6.63. The summed E-state index contributed by atoms with van der Waals surface area (Å²) in [6.45, 7) is 6.48. The molecule has 0 bridgehead atoms. The SMILES string of the molecule is CC(C)(C)c1ccc(N2C(=O)CS[C@@H]2c2cccc(NC(=O)c3ccc(F)cc3)c2)cc1. The maximum atomic E-state index is 13.1. The second kappa shape index (κ2) is 8.79. The lowest BCUT2D eigenvalue weighted by atomic mass is 9.87. The summed E-state index contributed by atoms with van der Waals surface area (Å²) < 4.78 is 13.1. The molecule has 1 aliphatic heterocycles. The predicted molar refractivity (Wildman–Crippen MR) is 129 cm³/mol. The molecule has 6 heteroatoms. The van der Waals surface area contributed by atoms with Gasteiger partial charge in [0, 0.05) is 16.9 Å². The van der Waals surface area contributed by atoms with Crippen LogP contribution in [0.5, 0.6) is 0 Å². The molecule has 1 saturated heterocycles. The highest BCUT2D eigenvalue weighted by Crippen LogP contribution is 2.42. The first-order chi connectivity index (χ1) is 15.2. The van der Waals surface area contributed by atoms with Crippen LogP contribution in [0.15, 0.2) is 72.8 Å². The molecule has 4 rings (SSSR count). The van der Waals surface area contributed by atoms with Crippen molar-refractivity contribution in [1.29, 1.82) is 0 Å². The molecule has 1 fully saturated rings. The number of amides is 2. The van der Waals surface area contributed by atoms with Crippen molar-refractivity contribution in [2.45, 2.75) is 31.6 Å². The van der Waals surface area contributed by atoms with Crippen molar-refractivity contribution >= 4 is 35.0 Å². The fourth-order valence-electron chi connectivity index (χ4n) is 3.65. The number of halogens is 1. The van der Waals surface area contributed by atoms with Crippen molar-refractivity contribution < 1.29 is 14.0 Å². The van der Waals surface area contributed by atoms with Crippen molar-refractivity contribution in [3.63, 3.8) is 0 Å². The minimum Gasteiger partial charge on any atom is -0.322 e. The van der Waals surface area contributed by atoms with Crippen LogP contribution < -0.4 is 10.2 Å². The quantitative estimate of drug-likeness (QED) is 0.520. The number of carbonyl (C=O) groups is 2. The van der Waals surface area contributed by atoms with Gasteiger partial charge in [0.2, 0.25) is 5.91 Å². The number of rotatable bonds is 4. The van der Waals surface area contributed by atoms with Gasteiger partial charge in [0.25, 0.3) is 5.91 Å². The van der Waals surface area contributed by atoms with Crippen LogP contribution in [0.2, 0.25) is 0 Å². The molecule has 32 heavy (non-hydrogen) atoms. The smallest absolute Gasteiger partial charge is 0.255 e. The van der Waals surface area contributed by atoms with E-state index < -0.39 is 0 Å². The number of nitrogens with zero attached hydrogens (tertiary/aromatic N) is 1. The second-order valence-corrected chi connectivity index (χ2v) is 9.88. The van der Waals surface area contributed by atoms with Gasteiger partial charge in [0.15, 0.2) is 0 Å². The molecule has 3 aromatic rings. The van der Waals surface area contributed by atoms with Crippen LogP contribution in [0, 0.1) is 5.82 Å². The van der Waals surface area contributed by atoms with E-state index in [2.05, 4.69) is 38.2 Å². The maximum absolute atomic E-state index is 13.1. The van der Waals surface area contributed by atoms with E-state index in [9.17, 15) is 14.0 Å². The van der Waals surface area contributed by atoms with E-state index in [1.807, 2.05) is 35.2 Å². The third kappa shape index (κ3) is 4.70. The van der Waals surface area contributed by atoms with Gasteiger partial charge < -0.3 is 5.32 Å². The Hall–Kier alpha value is -3.12. The normalized spacial score (nSPS) is 16.3. The number of thioether (sulfide) groups is 1.